The maximum absolute atomic E-state index is 8.59. The van der Waals surface area contributed by atoms with Gasteiger partial charge in [0.1, 0.15) is 6.10 Å². The van der Waals surface area contributed by atoms with Gasteiger partial charge in [0.2, 0.25) is 0 Å². The van der Waals surface area contributed by atoms with E-state index in [9.17, 15) is 0 Å². The standard InChI is InChI=1S/C6H14N2O3/c9-3-6(4-10)11-8-5-1-7-2-5/h5-10H,1-4H2. The minimum atomic E-state index is -0.504. The number of aliphatic hydroxyl groups is 2. The molecular weight excluding hydrogens is 148 g/mol. The molecule has 0 amide bonds. The summed E-state index contributed by atoms with van der Waals surface area (Å²) in [6.07, 6.45) is -0.504. The summed E-state index contributed by atoms with van der Waals surface area (Å²) in [5.74, 6) is 0. The maximum atomic E-state index is 8.59. The molecule has 1 saturated heterocycles. The zero-order valence-electron chi connectivity index (χ0n) is 6.29. The summed E-state index contributed by atoms with van der Waals surface area (Å²) >= 11 is 0. The van der Waals surface area contributed by atoms with Gasteiger partial charge in [-0.1, -0.05) is 0 Å². The Kier molecular flexibility index (Phi) is 3.74. The second kappa shape index (κ2) is 4.63. The van der Waals surface area contributed by atoms with Crippen LogP contribution in [0.15, 0.2) is 0 Å². The summed E-state index contributed by atoms with van der Waals surface area (Å²) in [7, 11) is 0. The van der Waals surface area contributed by atoms with Crippen LogP contribution in [0.4, 0.5) is 0 Å². The molecule has 4 N–H and O–H groups in total. The van der Waals surface area contributed by atoms with Crippen LogP contribution >= 0.6 is 0 Å². The van der Waals surface area contributed by atoms with Crippen molar-refractivity contribution in [2.24, 2.45) is 0 Å². The van der Waals surface area contributed by atoms with E-state index in [1.165, 1.54) is 0 Å². The van der Waals surface area contributed by atoms with E-state index in [2.05, 4.69) is 10.8 Å². The molecule has 11 heavy (non-hydrogen) atoms. The lowest BCUT2D eigenvalue weighted by Crippen LogP contribution is -2.56. The van der Waals surface area contributed by atoms with E-state index in [-0.39, 0.29) is 13.2 Å². The van der Waals surface area contributed by atoms with Gasteiger partial charge in [-0.15, -0.1) is 0 Å². The zero-order valence-corrected chi connectivity index (χ0v) is 6.29. The largest absolute Gasteiger partial charge is 0.393 e. The maximum Gasteiger partial charge on any atom is 0.125 e. The highest BCUT2D eigenvalue weighted by atomic mass is 16.7. The average molecular weight is 162 g/mol. The molecule has 0 aromatic rings. The number of hydrogen-bond donors (Lipinski definition) is 4. The number of hydroxylamine groups is 1. The molecule has 0 bridgehead atoms. The van der Waals surface area contributed by atoms with Crippen LogP contribution in [0.1, 0.15) is 0 Å². The smallest absolute Gasteiger partial charge is 0.125 e. The summed E-state index contributed by atoms with van der Waals surface area (Å²) in [6.45, 7) is 1.43. The van der Waals surface area contributed by atoms with E-state index in [4.69, 9.17) is 15.1 Å². The third-order valence-corrected chi connectivity index (χ3v) is 1.59. The lowest BCUT2D eigenvalue weighted by molar-refractivity contribution is -0.0920. The molecule has 1 fully saturated rings. The molecule has 1 aliphatic rings. The summed E-state index contributed by atoms with van der Waals surface area (Å²) < 4.78 is 0. The fourth-order valence-corrected chi connectivity index (χ4v) is 0.697. The van der Waals surface area contributed by atoms with Gasteiger partial charge in [-0.25, -0.2) is 0 Å². The Labute approximate surface area is 65.3 Å². The van der Waals surface area contributed by atoms with Crippen molar-refractivity contribution in [3.05, 3.63) is 0 Å². The van der Waals surface area contributed by atoms with Gasteiger partial charge in [0, 0.05) is 13.1 Å². The first-order chi connectivity index (χ1) is 5.36. The molecule has 0 saturated carbocycles. The molecule has 1 heterocycles. The molecule has 0 aliphatic carbocycles. The lowest BCUT2D eigenvalue weighted by atomic mass is 10.2. The van der Waals surface area contributed by atoms with Crippen LogP contribution in [0.5, 0.6) is 0 Å². The van der Waals surface area contributed by atoms with Gasteiger partial charge in [-0.3, -0.25) is 4.84 Å². The summed E-state index contributed by atoms with van der Waals surface area (Å²) in [5, 5.41) is 20.2. The van der Waals surface area contributed by atoms with Crippen LogP contribution in [-0.4, -0.2) is 48.7 Å². The summed E-state index contributed by atoms with van der Waals surface area (Å²) in [5.41, 5.74) is 2.74. The van der Waals surface area contributed by atoms with E-state index >= 15 is 0 Å². The second-order valence-corrected chi connectivity index (χ2v) is 2.58. The van der Waals surface area contributed by atoms with Crippen LogP contribution in [0.25, 0.3) is 0 Å². The molecule has 0 spiro atoms. The molecule has 0 aromatic heterocycles. The van der Waals surface area contributed by atoms with Crippen LogP contribution in [0.3, 0.4) is 0 Å². The Morgan fingerprint density at radius 3 is 2.45 bits per heavy atom. The molecule has 0 radical (unpaired) electrons. The SMILES string of the molecule is OCC(CO)ONC1CNC1. The first-order valence-electron chi connectivity index (χ1n) is 3.70. The van der Waals surface area contributed by atoms with Crippen LogP contribution in [0, 0.1) is 0 Å². The number of nitrogens with one attached hydrogen (secondary N) is 2. The number of hydrogen-bond acceptors (Lipinski definition) is 5. The molecule has 0 unspecified atom stereocenters. The Morgan fingerprint density at radius 2 is 2.09 bits per heavy atom. The topological polar surface area (TPSA) is 73.8 Å². The van der Waals surface area contributed by atoms with Crippen LogP contribution in [-0.2, 0) is 4.84 Å². The Balaban J connectivity index is 1.99. The van der Waals surface area contributed by atoms with Crippen molar-refractivity contribution >= 4 is 0 Å². The minimum Gasteiger partial charge on any atom is -0.393 e. The van der Waals surface area contributed by atoms with Gasteiger partial charge in [0.15, 0.2) is 0 Å². The van der Waals surface area contributed by atoms with Gasteiger partial charge >= 0.3 is 0 Å². The quantitative estimate of drug-likeness (QED) is 0.346. The summed E-state index contributed by atoms with van der Waals surface area (Å²) in [4.78, 5) is 4.95. The zero-order chi connectivity index (χ0) is 8.10. The monoisotopic (exact) mass is 162 g/mol. The third-order valence-electron chi connectivity index (χ3n) is 1.59. The molecule has 66 valence electrons. The molecule has 5 nitrogen and oxygen atoms in total. The Bertz CT molecular complexity index is 104. The Morgan fingerprint density at radius 1 is 1.45 bits per heavy atom. The van der Waals surface area contributed by atoms with Crippen molar-refractivity contribution in [3.63, 3.8) is 0 Å². The molecular formula is C6H14N2O3. The van der Waals surface area contributed by atoms with Crippen molar-refractivity contribution < 1.29 is 15.1 Å². The van der Waals surface area contributed by atoms with E-state index < -0.39 is 6.10 Å². The number of aliphatic hydroxyl groups excluding tert-OH is 2. The van der Waals surface area contributed by atoms with E-state index in [1.807, 2.05) is 0 Å². The van der Waals surface area contributed by atoms with Crippen molar-refractivity contribution in [1.29, 1.82) is 0 Å². The van der Waals surface area contributed by atoms with Crippen LogP contribution in [0.2, 0.25) is 0 Å². The van der Waals surface area contributed by atoms with E-state index in [1.54, 1.807) is 0 Å². The minimum absolute atomic E-state index is 0.163. The molecule has 1 rings (SSSR count). The molecule has 5 heteroatoms. The van der Waals surface area contributed by atoms with Gasteiger partial charge in [0.25, 0.3) is 0 Å². The highest BCUT2D eigenvalue weighted by Gasteiger charge is 2.17. The first kappa shape index (κ1) is 8.89. The fourth-order valence-electron chi connectivity index (χ4n) is 0.697. The van der Waals surface area contributed by atoms with E-state index in [0.717, 1.165) is 13.1 Å². The molecule has 0 aromatic carbocycles. The van der Waals surface area contributed by atoms with Gasteiger partial charge in [-0.2, -0.15) is 5.48 Å². The van der Waals surface area contributed by atoms with Crippen molar-refractivity contribution in [2.45, 2.75) is 12.1 Å². The highest BCUT2D eigenvalue weighted by Crippen LogP contribution is 1.93. The highest BCUT2D eigenvalue weighted by molar-refractivity contribution is 4.78. The van der Waals surface area contributed by atoms with Crippen molar-refractivity contribution in [2.75, 3.05) is 26.3 Å². The van der Waals surface area contributed by atoms with Crippen LogP contribution < -0.4 is 10.8 Å². The van der Waals surface area contributed by atoms with Crippen molar-refractivity contribution in [3.8, 4) is 0 Å². The van der Waals surface area contributed by atoms with Gasteiger partial charge in [0.05, 0.1) is 19.3 Å². The fraction of sp³-hybridized carbons (Fsp3) is 1.00. The van der Waals surface area contributed by atoms with Gasteiger partial charge < -0.3 is 15.5 Å². The molecule has 0 atom stereocenters. The Hall–Kier alpha value is -0.200. The molecule has 1 aliphatic heterocycles. The lowest BCUT2D eigenvalue weighted by Gasteiger charge is -2.28. The van der Waals surface area contributed by atoms with Gasteiger partial charge in [-0.05, 0) is 0 Å². The second-order valence-electron chi connectivity index (χ2n) is 2.58. The van der Waals surface area contributed by atoms with Crippen molar-refractivity contribution in [1.82, 2.24) is 10.8 Å². The number of rotatable bonds is 5. The third kappa shape index (κ3) is 2.72. The normalized spacial score (nSPS) is 18.8. The first-order valence-corrected chi connectivity index (χ1v) is 3.70. The predicted molar refractivity (Wildman–Crippen MR) is 38.8 cm³/mol. The predicted octanol–water partition coefficient (Wildman–Crippen LogP) is -2.17. The average Bonchev–Trinajstić information content (AvgIpc) is 1.95. The summed E-state index contributed by atoms with van der Waals surface area (Å²) in [6, 6.07) is 0.315. The van der Waals surface area contributed by atoms with E-state index in [0.29, 0.717) is 6.04 Å².